The van der Waals surface area contributed by atoms with Crippen LogP contribution in [-0.4, -0.2) is 17.0 Å². The minimum absolute atomic E-state index is 0.0838. The average Bonchev–Trinajstić information content (AvgIpc) is 2.36. The first-order valence-corrected chi connectivity index (χ1v) is 6.26. The van der Waals surface area contributed by atoms with Gasteiger partial charge in [-0.05, 0) is 30.2 Å². The van der Waals surface area contributed by atoms with E-state index in [4.69, 9.17) is 0 Å². The highest BCUT2D eigenvalue weighted by Gasteiger charge is 2.13. The molecule has 0 saturated carbocycles. The summed E-state index contributed by atoms with van der Waals surface area (Å²) < 4.78 is 0. The maximum Gasteiger partial charge on any atom is 0.238 e. The zero-order valence-electron chi connectivity index (χ0n) is 9.52. The molecule has 0 aliphatic carbocycles. The Morgan fingerprint density at radius 1 is 1.47 bits per heavy atom. The molecule has 0 radical (unpaired) electrons. The van der Waals surface area contributed by atoms with E-state index in [1.54, 1.807) is 12.1 Å². The lowest BCUT2D eigenvalue weighted by Gasteiger charge is -2.10. The third-order valence-corrected chi connectivity index (χ3v) is 3.28. The van der Waals surface area contributed by atoms with Crippen LogP contribution in [0.15, 0.2) is 30.3 Å². The lowest BCUT2D eigenvalue weighted by atomic mass is 10.1. The predicted octanol–water partition coefficient (Wildman–Crippen LogP) is 3.01. The third kappa shape index (κ3) is 4.15. The third-order valence-electron chi connectivity index (χ3n) is 2.22. The molecule has 1 rings (SSSR count). The molecule has 1 aromatic carbocycles. The number of nitrogens with one attached hydrogen (secondary N) is 1. The number of anilines is 1. The number of aldehydes is 1. The van der Waals surface area contributed by atoms with Gasteiger partial charge in [-0.25, -0.2) is 0 Å². The highest BCUT2D eigenvalue weighted by molar-refractivity contribution is 9.10. The van der Waals surface area contributed by atoms with Crippen LogP contribution in [0.4, 0.5) is 5.69 Å². The van der Waals surface area contributed by atoms with Crippen LogP contribution in [0.2, 0.25) is 0 Å². The number of allylic oxidation sites excluding steroid dienone is 1. The van der Waals surface area contributed by atoms with Crippen molar-refractivity contribution in [3.63, 3.8) is 0 Å². The van der Waals surface area contributed by atoms with Gasteiger partial charge in [-0.15, -0.1) is 0 Å². The van der Waals surface area contributed by atoms with Crippen LogP contribution in [0.5, 0.6) is 0 Å². The van der Waals surface area contributed by atoms with Crippen molar-refractivity contribution < 1.29 is 9.59 Å². The summed E-state index contributed by atoms with van der Waals surface area (Å²) >= 11 is 3.29. The molecule has 17 heavy (non-hydrogen) atoms. The minimum atomic E-state index is -0.203. The molecule has 0 spiro atoms. The number of hydrogen-bond donors (Lipinski definition) is 1. The van der Waals surface area contributed by atoms with Crippen LogP contribution in [0.1, 0.15) is 18.9 Å². The van der Waals surface area contributed by atoms with Crippen molar-refractivity contribution in [3.05, 3.63) is 35.9 Å². The second-order valence-corrected chi connectivity index (χ2v) is 4.55. The maximum atomic E-state index is 11.7. The molecule has 0 bridgehead atoms. The fourth-order valence-electron chi connectivity index (χ4n) is 1.30. The maximum absolute atomic E-state index is 11.7. The van der Waals surface area contributed by atoms with Gasteiger partial charge in [0.05, 0.1) is 4.83 Å². The van der Waals surface area contributed by atoms with Gasteiger partial charge >= 0.3 is 0 Å². The van der Waals surface area contributed by atoms with Crippen LogP contribution in [-0.2, 0) is 9.59 Å². The Morgan fingerprint density at radius 3 is 2.82 bits per heavy atom. The molecular weight excluding hydrogens is 282 g/mol. The molecular formula is C13H14BrNO2. The number of para-hydroxylation sites is 1. The molecule has 0 aliphatic heterocycles. The number of rotatable bonds is 5. The minimum Gasteiger partial charge on any atom is -0.325 e. The van der Waals surface area contributed by atoms with E-state index >= 15 is 0 Å². The van der Waals surface area contributed by atoms with Crippen LogP contribution < -0.4 is 5.32 Å². The summed E-state index contributed by atoms with van der Waals surface area (Å²) in [4.78, 5) is 21.8. The Bertz CT molecular complexity index is 429. The average molecular weight is 296 g/mol. The van der Waals surface area contributed by atoms with Crippen molar-refractivity contribution in [2.24, 2.45) is 0 Å². The van der Waals surface area contributed by atoms with Gasteiger partial charge in [-0.1, -0.05) is 41.1 Å². The zero-order chi connectivity index (χ0) is 12.7. The molecule has 1 N–H and O–H groups in total. The molecule has 1 unspecified atom stereocenters. The lowest BCUT2D eigenvalue weighted by Crippen LogP contribution is -2.22. The van der Waals surface area contributed by atoms with E-state index in [-0.39, 0.29) is 10.7 Å². The smallest absolute Gasteiger partial charge is 0.238 e. The Labute approximate surface area is 109 Å². The second-order valence-electron chi connectivity index (χ2n) is 3.45. The zero-order valence-corrected chi connectivity index (χ0v) is 11.1. The summed E-state index contributed by atoms with van der Waals surface area (Å²) in [6.07, 6.45) is 4.49. The van der Waals surface area contributed by atoms with Crippen LogP contribution in [0.25, 0.3) is 6.08 Å². The first-order valence-electron chi connectivity index (χ1n) is 5.34. The number of halogens is 1. The van der Waals surface area contributed by atoms with Crippen LogP contribution in [0.3, 0.4) is 0 Å². The normalized spacial score (nSPS) is 12.4. The topological polar surface area (TPSA) is 46.2 Å². The van der Waals surface area contributed by atoms with E-state index in [0.717, 1.165) is 12.0 Å². The summed E-state index contributed by atoms with van der Waals surface area (Å²) in [6.45, 7) is 1.93. The number of amides is 1. The fraction of sp³-hybridized carbons (Fsp3) is 0.231. The Hall–Kier alpha value is -1.42. The highest BCUT2D eigenvalue weighted by atomic mass is 79.9. The van der Waals surface area contributed by atoms with Gasteiger partial charge in [0.1, 0.15) is 6.29 Å². The first kappa shape index (κ1) is 13.6. The Morgan fingerprint density at radius 2 is 2.18 bits per heavy atom. The van der Waals surface area contributed by atoms with Crippen molar-refractivity contribution in [3.8, 4) is 0 Å². The van der Waals surface area contributed by atoms with Crippen LogP contribution in [0, 0.1) is 0 Å². The largest absolute Gasteiger partial charge is 0.325 e. The number of hydrogen-bond acceptors (Lipinski definition) is 2. The second kappa shape index (κ2) is 7.01. The van der Waals surface area contributed by atoms with Gasteiger partial charge in [0.25, 0.3) is 0 Å². The summed E-state index contributed by atoms with van der Waals surface area (Å²) in [5.74, 6) is -0.0838. The molecule has 0 aromatic heterocycles. The summed E-state index contributed by atoms with van der Waals surface area (Å²) in [5.41, 5.74) is 1.51. The number of carbonyl (C=O) groups excluding carboxylic acids is 2. The monoisotopic (exact) mass is 295 g/mol. The Kier molecular flexibility index (Phi) is 5.63. The van der Waals surface area contributed by atoms with Crippen molar-refractivity contribution in [1.82, 2.24) is 0 Å². The SMILES string of the molecule is CCC(Br)C(=O)Nc1ccccc1/C=C/C=O. The van der Waals surface area contributed by atoms with Crippen molar-refractivity contribution in [2.75, 3.05) is 5.32 Å². The van der Waals surface area contributed by atoms with E-state index in [1.807, 2.05) is 25.1 Å². The molecule has 1 aromatic rings. The van der Waals surface area contributed by atoms with Gasteiger partial charge in [0, 0.05) is 5.69 Å². The van der Waals surface area contributed by atoms with Gasteiger partial charge in [0.2, 0.25) is 5.91 Å². The lowest BCUT2D eigenvalue weighted by molar-refractivity contribution is -0.115. The van der Waals surface area contributed by atoms with E-state index in [0.29, 0.717) is 12.0 Å². The molecule has 1 amide bonds. The van der Waals surface area contributed by atoms with Gasteiger partial charge < -0.3 is 5.32 Å². The van der Waals surface area contributed by atoms with E-state index in [9.17, 15) is 9.59 Å². The van der Waals surface area contributed by atoms with Crippen LogP contribution >= 0.6 is 15.9 Å². The molecule has 4 heteroatoms. The molecule has 0 saturated heterocycles. The fourth-order valence-corrected chi connectivity index (χ4v) is 1.41. The molecule has 3 nitrogen and oxygen atoms in total. The predicted molar refractivity (Wildman–Crippen MR) is 73.2 cm³/mol. The number of benzene rings is 1. The van der Waals surface area contributed by atoms with Crippen molar-refractivity contribution in [1.29, 1.82) is 0 Å². The van der Waals surface area contributed by atoms with Gasteiger partial charge in [0.15, 0.2) is 0 Å². The molecule has 0 aliphatic rings. The number of carbonyl (C=O) groups is 2. The molecule has 0 heterocycles. The van der Waals surface area contributed by atoms with Gasteiger partial charge in [-0.3, -0.25) is 9.59 Å². The summed E-state index contributed by atoms with van der Waals surface area (Å²) in [5, 5.41) is 2.82. The summed E-state index contributed by atoms with van der Waals surface area (Å²) in [6, 6.07) is 7.33. The van der Waals surface area contributed by atoms with Crippen molar-refractivity contribution in [2.45, 2.75) is 18.2 Å². The van der Waals surface area contributed by atoms with E-state index in [2.05, 4.69) is 21.2 Å². The molecule has 1 atom stereocenters. The first-order chi connectivity index (χ1) is 8.19. The standard InChI is InChI=1S/C13H14BrNO2/c1-2-11(14)13(17)15-12-8-4-3-6-10(12)7-5-9-16/h3-9,11H,2H2,1H3,(H,15,17)/b7-5+. The quantitative estimate of drug-likeness (QED) is 0.516. The van der Waals surface area contributed by atoms with E-state index < -0.39 is 0 Å². The summed E-state index contributed by atoms with van der Waals surface area (Å²) in [7, 11) is 0. The van der Waals surface area contributed by atoms with E-state index in [1.165, 1.54) is 6.08 Å². The number of alkyl halides is 1. The Balaban J connectivity index is 2.86. The van der Waals surface area contributed by atoms with Crippen molar-refractivity contribution >= 4 is 39.9 Å². The molecule has 0 fully saturated rings. The van der Waals surface area contributed by atoms with Gasteiger partial charge in [-0.2, -0.15) is 0 Å². The highest BCUT2D eigenvalue weighted by Crippen LogP contribution is 2.18. The molecule has 90 valence electrons.